The van der Waals surface area contributed by atoms with Gasteiger partial charge >= 0.3 is 0 Å². The molecule has 1 fully saturated rings. The first-order chi connectivity index (χ1) is 9.22. The first-order valence-corrected chi connectivity index (χ1v) is 7.55. The van der Waals surface area contributed by atoms with Crippen molar-refractivity contribution < 1.29 is 4.52 Å². The maximum absolute atomic E-state index is 6.02. The average molecular weight is 296 g/mol. The summed E-state index contributed by atoms with van der Waals surface area (Å²) in [6, 6.07) is 7.60. The first-order valence-electron chi connectivity index (χ1n) is 6.19. The van der Waals surface area contributed by atoms with Gasteiger partial charge in [0.25, 0.3) is 0 Å². The number of thioether (sulfide) groups is 1. The molecule has 1 atom stereocenters. The lowest BCUT2D eigenvalue weighted by atomic mass is 10.2. The molecule has 1 aliphatic carbocycles. The number of nitrogens with zero attached hydrogens (tertiary/aromatic N) is 2. The van der Waals surface area contributed by atoms with E-state index < -0.39 is 0 Å². The van der Waals surface area contributed by atoms with Gasteiger partial charge in [-0.15, -0.1) is 11.8 Å². The highest BCUT2D eigenvalue weighted by Crippen LogP contribution is 2.38. The monoisotopic (exact) mass is 295 g/mol. The zero-order valence-electron chi connectivity index (χ0n) is 10.3. The third-order valence-electron chi connectivity index (χ3n) is 3.08. The molecule has 0 saturated heterocycles. The lowest BCUT2D eigenvalue weighted by molar-refractivity contribution is 0.341. The molecule has 1 aromatic carbocycles. The Bertz CT molecular complexity index is 553. The van der Waals surface area contributed by atoms with Gasteiger partial charge in [-0.1, -0.05) is 16.8 Å². The summed E-state index contributed by atoms with van der Waals surface area (Å²) in [6.07, 6.45) is 2.33. The van der Waals surface area contributed by atoms with E-state index in [2.05, 4.69) is 10.1 Å². The Morgan fingerprint density at radius 2 is 2.11 bits per heavy atom. The fourth-order valence-corrected chi connectivity index (χ4v) is 2.66. The highest BCUT2D eigenvalue weighted by molar-refractivity contribution is 7.98. The summed E-state index contributed by atoms with van der Waals surface area (Å²) in [5.41, 5.74) is 6.02. The van der Waals surface area contributed by atoms with Crippen LogP contribution in [-0.4, -0.2) is 10.1 Å². The van der Waals surface area contributed by atoms with Crippen LogP contribution < -0.4 is 5.73 Å². The molecule has 100 valence electrons. The van der Waals surface area contributed by atoms with Gasteiger partial charge in [0.15, 0.2) is 5.82 Å². The van der Waals surface area contributed by atoms with E-state index in [4.69, 9.17) is 21.9 Å². The Labute approximate surface area is 120 Å². The van der Waals surface area contributed by atoms with Crippen molar-refractivity contribution in [3.8, 4) is 0 Å². The van der Waals surface area contributed by atoms with E-state index in [0.29, 0.717) is 23.4 Å². The minimum atomic E-state index is -0.0956. The summed E-state index contributed by atoms with van der Waals surface area (Å²) < 4.78 is 5.21. The van der Waals surface area contributed by atoms with E-state index >= 15 is 0 Å². The van der Waals surface area contributed by atoms with Gasteiger partial charge in [-0.2, -0.15) is 4.98 Å². The number of benzene rings is 1. The van der Waals surface area contributed by atoms with Gasteiger partial charge < -0.3 is 10.3 Å². The average Bonchev–Trinajstić information content (AvgIpc) is 3.16. The lowest BCUT2D eigenvalue weighted by Gasteiger charge is -2.01. The number of aromatic nitrogens is 2. The van der Waals surface area contributed by atoms with E-state index in [1.807, 2.05) is 24.3 Å². The Hall–Kier alpha value is -1.04. The minimum absolute atomic E-state index is 0.0956. The molecule has 6 heteroatoms. The van der Waals surface area contributed by atoms with Gasteiger partial charge in [-0.3, -0.25) is 0 Å². The number of rotatable bonds is 5. The number of nitrogens with two attached hydrogens (primary N) is 1. The minimum Gasteiger partial charge on any atom is -0.338 e. The molecule has 1 heterocycles. The van der Waals surface area contributed by atoms with Crippen LogP contribution >= 0.6 is 23.4 Å². The third kappa shape index (κ3) is 3.29. The quantitative estimate of drug-likeness (QED) is 0.856. The Morgan fingerprint density at radius 1 is 1.37 bits per heavy atom. The first kappa shape index (κ1) is 13.0. The van der Waals surface area contributed by atoms with E-state index in [1.54, 1.807) is 11.8 Å². The molecule has 2 aromatic rings. The van der Waals surface area contributed by atoms with Crippen molar-refractivity contribution in [2.24, 2.45) is 11.7 Å². The summed E-state index contributed by atoms with van der Waals surface area (Å²) in [6.45, 7) is 0. The van der Waals surface area contributed by atoms with Crippen LogP contribution in [0.25, 0.3) is 0 Å². The van der Waals surface area contributed by atoms with Gasteiger partial charge in [0.05, 0.1) is 11.8 Å². The SMILES string of the molecule is NC(c1nc(CSc2ccc(Cl)cc2)no1)C1CC1. The predicted molar refractivity (Wildman–Crippen MR) is 75.0 cm³/mol. The smallest absolute Gasteiger partial charge is 0.243 e. The number of hydrogen-bond acceptors (Lipinski definition) is 5. The number of halogens is 1. The lowest BCUT2D eigenvalue weighted by Crippen LogP contribution is -2.12. The normalized spacial score (nSPS) is 16.5. The number of hydrogen-bond donors (Lipinski definition) is 1. The maximum Gasteiger partial charge on any atom is 0.243 e. The van der Waals surface area contributed by atoms with E-state index in [-0.39, 0.29) is 6.04 Å². The van der Waals surface area contributed by atoms with Crippen molar-refractivity contribution >= 4 is 23.4 Å². The van der Waals surface area contributed by atoms with E-state index in [1.165, 1.54) is 12.8 Å². The van der Waals surface area contributed by atoms with Crippen molar-refractivity contribution in [3.05, 3.63) is 41.0 Å². The third-order valence-corrected chi connectivity index (χ3v) is 4.34. The Balaban J connectivity index is 1.59. The molecule has 1 saturated carbocycles. The van der Waals surface area contributed by atoms with Gasteiger partial charge in [-0.25, -0.2) is 0 Å². The van der Waals surface area contributed by atoms with E-state index in [9.17, 15) is 0 Å². The Morgan fingerprint density at radius 3 is 2.79 bits per heavy atom. The highest BCUT2D eigenvalue weighted by Gasteiger charge is 2.33. The van der Waals surface area contributed by atoms with Gasteiger partial charge in [0.1, 0.15) is 0 Å². The molecular formula is C13H14ClN3OS. The van der Waals surface area contributed by atoms with Crippen LogP contribution in [0.5, 0.6) is 0 Å². The second kappa shape index (κ2) is 5.53. The summed E-state index contributed by atoms with van der Waals surface area (Å²) in [4.78, 5) is 5.48. The standard InChI is InChI=1S/C13H14ClN3OS/c14-9-3-5-10(6-4-9)19-7-11-16-13(18-17-11)12(15)8-1-2-8/h3-6,8,12H,1-2,7,15H2. The van der Waals surface area contributed by atoms with Crippen LogP contribution in [0.3, 0.4) is 0 Å². The molecular weight excluding hydrogens is 282 g/mol. The molecule has 1 aromatic heterocycles. The highest BCUT2D eigenvalue weighted by atomic mass is 35.5. The van der Waals surface area contributed by atoms with Crippen molar-refractivity contribution in [2.45, 2.75) is 29.5 Å². The summed E-state index contributed by atoms with van der Waals surface area (Å²) in [5, 5.41) is 4.70. The predicted octanol–water partition coefficient (Wildman–Crippen LogP) is 3.43. The van der Waals surface area contributed by atoms with Crippen molar-refractivity contribution in [2.75, 3.05) is 0 Å². The molecule has 1 unspecified atom stereocenters. The molecule has 0 radical (unpaired) electrons. The topological polar surface area (TPSA) is 64.9 Å². The molecule has 0 spiro atoms. The summed E-state index contributed by atoms with van der Waals surface area (Å²) >= 11 is 7.49. The Kier molecular flexibility index (Phi) is 3.77. The molecule has 3 rings (SSSR count). The largest absolute Gasteiger partial charge is 0.338 e. The molecule has 1 aliphatic rings. The van der Waals surface area contributed by atoms with Crippen LogP contribution in [-0.2, 0) is 5.75 Å². The molecule has 0 bridgehead atoms. The van der Waals surface area contributed by atoms with E-state index in [0.717, 1.165) is 9.92 Å². The summed E-state index contributed by atoms with van der Waals surface area (Å²) in [5.74, 6) is 2.44. The second-order valence-electron chi connectivity index (χ2n) is 4.65. The molecule has 4 nitrogen and oxygen atoms in total. The van der Waals surface area contributed by atoms with Crippen molar-refractivity contribution in [1.82, 2.24) is 10.1 Å². The zero-order chi connectivity index (χ0) is 13.2. The maximum atomic E-state index is 6.02. The molecule has 0 amide bonds. The van der Waals surface area contributed by atoms with Crippen LogP contribution in [0.1, 0.15) is 30.6 Å². The molecule has 19 heavy (non-hydrogen) atoms. The van der Waals surface area contributed by atoms with Crippen LogP contribution in [0.4, 0.5) is 0 Å². The molecule has 2 N–H and O–H groups in total. The van der Waals surface area contributed by atoms with Gasteiger partial charge in [0.2, 0.25) is 5.89 Å². The van der Waals surface area contributed by atoms with Crippen LogP contribution in [0, 0.1) is 5.92 Å². The van der Waals surface area contributed by atoms with Gasteiger partial charge in [-0.05, 0) is 43.0 Å². The zero-order valence-corrected chi connectivity index (χ0v) is 11.8. The van der Waals surface area contributed by atoms with Gasteiger partial charge in [0, 0.05) is 9.92 Å². The molecule has 0 aliphatic heterocycles. The second-order valence-corrected chi connectivity index (χ2v) is 6.14. The van der Waals surface area contributed by atoms with Crippen molar-refractivity contribution in [3.63, 3.8) is 0 Å². The summed E-state index contributed by atoms with van der Waals surface area (Å²) in [7, 11) is 0. The van der Waals surface area contributed by atoms with Crippen LogP contribution in [0.15, 0.2) is 33.7 Å². The fraction of sp³-hybridized carbons (Fsp3) is 0.385. The van der Waals surface area contributed by atoms with Crippen LogP contribution in [0.2, 0.25) is 5.02 Å². The van der Waals surface area contributed by atoms with Crippen molar-refractivity contribution in [1.29, 1.82) is 0 Å². The fourth-order valence-electron chi connectivity index (χ4n) is 1.80.